The minimum atomic E-state index is 0.531. The number of hydrogen-bond donors (Lipinski definition) is 0. The lowest BCUT2D eigenvalue weighted by Crippen LogP contribution is -2.46. The van der Waals surface area contributed by atoms with Crippen LogP contribution in [0.3, 0.4) is 0 Å². The molecular formula is C22H25ClN4O3. The fourth-order valence-corrected chi connectivity index (χ4v) is 4.13. The molecule has 2 aromatic carbocycles. The summed E-state index contributed by atoms with van der Waals surface area (Å²) in [5.41, 5.74) is 1.94. The zero-order chi connectivity index (χ0) is 21.1. The summed E-state index contributed by atoms with van der Waals surface area (Å²) in [6.07, 6.45) is 1.57. The van der Waals surface area contributed by atoms with E-state index < -0.39 is 0 Å². The van der Waals surface area contributed by atoms with Crippen LogP contribution in [-0.4, -0.2) is 62.4 Å². The lowest BCUT2D eigenvalue weighted by atomic mass is 10.1. The Bertz CT molecular complexity index is 1040. The second kappa shape index (κ2) is 8.93. The van der Waals surface area contributed by atoms with Crippen LogP contribution >= 0.6 is 11.6 Å². The molecule has 1 saturated heterocycles. The Labute approximate surface area is 181 Å². The van der Waals surface area contributed by atoms with Gasteiger partial charge in [-0.15, -0.1) is 0 Å². The van der Waals surface area contributed by atoms with Crippen molar-refractivity contribution < 1.29 is 14.2 Å². The van der Waals surface area contributed by atoms with Gasteiger partial charge in [0.1, 0.15) is 17.7 Å². The van der Waals surface area contributed by atoms with E-state index in [-0.39, 0.29) is 0 Å². The van der Waals surface area contributed by atoms with E-state index in [2.05, 4.69) is 25.8 Å². The first-order chi connectivity index (χ1) is 14.6. The molecule has 0 N–H and O–H groups in total. The maximum atomic E-state index is 6.12. The summed E-state index contributed by atoms with van der Waals surface area (Å²) in [5, 5.41) is 1.66. The molecule has 0 amide bonds. The first kappa shape index (κ1) is 20.5. The van der Waals surface area contributed by atoms with Gasteiger partial charge in [0.05, 0.1) is 26.7 Å². The number of rotatable bonds is 6. The predicted molar refractivity (Wildman–Crippen MR) is 118 cm³/mol. The molecule has 0 atom stereocenters. The Morgan fingerprint density at radius 3 is 2.37 bits per heavy atom. The standard InChI is InChI=1S/C22H25ClN4O3/c1-28-18-12-17-19(21(30-3)20(18)29-2)24-14-25-22(17)27-9-7-26(8-10-27)13-15-5-4-6-16(23)11-15/h4-6,11-12,14H,7-10,13H2,1-3H3. The largest absolute Gasteiger partial charge is 0.493 e. The fourth-order valence-electron chi connectivity index (χ4n) is 3.91. The zero-order valence-electron chi connectivity index (χ0n) is 17.4. The molecule has 0 unspecified atom stereocenters. The van der Waals surface area contributed by atoms with Gasteiger partial charge in [0.25, 0.3) is 0 Å². The second-order valence-electron chi connectivity index (χ2n) is 7.13. The van der Waals surface area contributed by atoms with E-state index in [1.807, 2.05) is 24.3 Å². The molecule has 4 rings (SSSR count). The maximum Gasteiger partial charge on any atom is 0.205 e. The van der Waals surface area contributed by atoms with Crippen molar-refractivity contribution in [1.82, 2.24) is 14.9 Å². The molecule has 8 heteroatoms. The number of fused-ring (bicyclic) bond motifs is 1. The van der Waals surface area contributed by atoms with Crippen molar-refractivity contribution in [2.45, 2.75) is 6.54 Å². The first-order valence-electron chi connectivity index (χ1n) is 9.80. The molecular weight excluding hydrogens is 404 g/mol. The van der Waals surface area contributed by atoms with Crippen LogP contribution in [0.15, 0.2) is 36.7 Å². The monoisotopic (exact) mass is 428 g/mol. The van der Waals surface area contributed by atoms with E-state index in [4.69, 9.17) is 25.8 Å². The van der Waals surface area contributed by atoms with Crippen molar-refractivity contribution in [1.29, 1.82) is 0 Å². The molecule has 0 bridgehead atoms. The summed E-state index contributed by atoms with van der Waals surface area (Å²) >= 11 is 6.12. The van der Waals surface area contributed by atoms with Gasteiger partial charge in [0.2, 0.25) is 5.75 Å². The summed E-state index contributed by atoms with van der Waals surface area (Å²) in [4.78, 5) is 13.7. The van der Waals surface area contributed by atoms with E-state index in [1.54, 1.807) is 27.7 Å². The van der Waals surface area contributed by atoms with Crippen LogP contribution in [0.1, 0.15) is 5.56 Å². The number of benzene rings is 2. The molecule has 7 nitrogen and oxygen atoms in total. The Hall–Kier alpha value is -2.77. The van der Waals surface area contributed by atoms with E-state index in [9.17, 15) is 0 Å². The number of aromatic nitrogens is 2. The quantitative estimate of drug-likeness (QED) is 0.594. The lowest BCUT2D eigenvalue weighted by molar-refractivity contribution is 0.249. The minimum Gasteiger partial charge on any atom is -0.493 e. The van der Waals surface area contributed by atoms with Crippen LogP contribution < -0.4 is 19.1 Å². The third-order valence-corrected chi connectivity index (χ3v) is 5.61. The van der Waals surface area contributed by atoms with Gasteiger partial charge in [-0.1, -0.05) is 23.7 Å². The van der Waals surface area contributed by atoms with Crippen molar-refractivity contribution in [2.75, 3.05) is 52.4 Å². The molecule has 0 spiro atoms. The lowest BCUT2D eigenvalue weighted by Gasteiger charge is -2.36. The van der Waals surface area contributed by atoms with Gasteiger partial charge >= 0.3 is 0 Å². The number of methoxy groups -OCH3 is 3. The van der Waals surface area contributed by atoms with Crippen molar-refractivity contribution in [3.05, 3.63) is 47.2 Å². The Kier molecular flexibility index (Phi) is 6.11. The number of halogens is 1. The summed E-state index contributed by atoms with van der Waals surface area (Å²) in [6, 6.07) is 9.96. The van der Waals surface area contributed by atoms with Crippen LogP contribution in [0, 0.1) is 0 Å². The first-order valence-corrected chi connectivity index (χ1v) is 10.2. The molecule has 0 radical (unpaired) electrons. The van der Waals surface area contributed by atoms with E-state index in [1.165, 1.54) is 5.56 Å². The summed E-state index contributed by atoms with van der Waals surface area (Å²) in [6.45, 7) is 4.48. The molecule has 1 aliphatic heterocycles. The van der Waals surface area contributed by atoms with Gasteiger partial charge in [0, 0.05) is 37.7 Å². The Morgan fingerprint density at radius 1 is 0.933 bits per heavy atom. The topological polar surface area (TPSA) is 60.0 Å². The van der Waals surface area contributed by atoms with Crippen LogP contribution in [-0.2, 0) is 6.54 Å². The average Bonchev–Trinajstić information content (AvgIpc) is 2.77. The van der Waals surface area contributed by atoms with Gasteiger partial charge in [-0.2, -0.15) is 0 Å². The molecule has 1 aliphatic rings. The average molecular weight is 429 g/mol. The molecule has 1 aromatic heterocycles. The van der Waals surface area contributed by atoms with Crippen molar-refractivity contribution in [2.24, 2.45) is 0 Å². The Morgan fingerprint density at radius 2 is 1.70 bits per heavy atom. The van der Waals surface area contributed by atoms with Gasteiger partial charge in [0.15, 0.2) is 11.5 Å². The second-order valence-corrected chi connectivity index (χ2v) is 7.57. The van der Waals surface area contributed by atoms with Crippen LogP contribution in [0.2, 0.25) is 5.02 Å². The van der Waals surface area contributed by atoms with Crippen LogP contribution in [0.4, 0.5) is 5.82 Å². The van der Waals surface area contributed by atoms with Crippen molar-refractivity contribution in [3.63, 3.8) is 0 Å². The number of anilines is 1. The zero-order valence-corrected chi connectivity index (χ0v) is 18.1. The number of nitrogens with zero attached hydrogens (tertiary/aromatic N) is 4. The van der Waals surface area contributed by atoms with Gasteiger partial charge < -0.3 is 19.1 Å². The van der Waals surface area contributed by atoms with Gasteiger partial charge in [-0.05, 0) is 23.8 Å². The third kappa shape index (κ3) is 3.95. The molecule has 0 saturated carbocycles. The maximum absolute atomic E-state index is 6.12. The normalized spacial score (nSPS) is 14.7. The highest BCUT2D eigenvalue weighted by molar-refractivity contribution is 6.30. The summed E-state index contributed by atoms with van der Waals surface area (Å²) in [5.74, 6) is 2.55. The van der Waals surface area contributed by atoms with E-state index in [0.717, 1.165) is 49.0 Å². The highest BCUT2D eigenvalue weighted by atomic mass is 35.5. The highest BCUT2D eigenvalue weighted by Gasteiger charge is 2.24. The molecule has 2 heterocycles. The molecule has 1 fully saturated rings. The summed E-state index contributed by atoms with van der Waals surface area (Å²) in [7, 11) is 4.81. The molecule has 3 aromatic rings. The summed E-state index contributed by atoms with van der Waals surface area (Å²) < 4.78 is 16.6. The predicted octanol–water partition coefficient (Wildman–Crippen LogP) is 3.63. The molecule has 30 heavy (non-hydrogen) atoms. The van der Waals surface area contributed by atoms with E-state index in [0.29, 0.717) is 22.8 Å². The van der Waals surface area contributed by atoms with Crippen molar-refractivity contribution in [3.8, 4) is 17.2 Å². The molecule has 0 aliphatic carbocycles. The minimum absolute atomic E-state index is 0.531. The number of ether oxygens (including phenoxy) is 3. The molecule has 158 valence electrons. The fraction of sp³-hybridized carbons (Fsp3) is 0.364. The third-order valence-electron chi connectivity index (χ3n) is 5.38. The van der Waals surface area contributed by atoms with Crippen LogP contribution in [0.25, 0.3) is 10.9 Å². The Balaban J connectivity index is 1.58. The number of piperazine rings is 1. The highest BCUT2D eigenvalue weighted by Crippen LogP contribution is 2.44. The van der Waals surface area contributed by atoms with Gasteiger partial charge in [-0.25, -0.2) is 9.97 Å². The smallest absolute Gasteiger partial charge is 0.205 e. The van der Waals surface area contributed by atoms with E-state index >= 15 is 0 Å². The SMILES string of the molecule is COc1cc2c(N3CCN(Cc4cccc(Cl)c4)CC3)ncnc2c(OC)c1OC. The number of hydrogen-bond acceptors (Lipinski definition) is 7. The van der Waals surface area contributed by atoms with Crippen molar-refractivity contribution >= 4 is 28.3 Å². The van der Waals surface area contributed by atoms with Gasteiger partial charge in [-0.3, -0.25) is 4.90 Å². The van der Waals surface area contributed by atoms with Crippen LogP contribution in [0.5, 0.6) is 17.2 Å².